The SMILES string of the molecule is Cc1cc(S(=O)(=O)N2CCN=C2Cc2cccc3ccccc23)c(Cl)cc1Cl. The average molecular weight is 433 g/mol. The van der Waals surface area contributed by atoms with E-state index in [0.717, 1.165) is 16.3 Å². The van der Waals surface area contributed by atoms with Gasteiger partial charge in [-0.05, 0) is 41.0 Å². The first-order chi connectivity index (χ1) is 13.4. The van der Waals surface area contributed by atoms with Crippen LogP contribution in [0.3, 0.4) is 0 Å². The van der Waals surface area contributed by atoms with Crippen molar-refractivity contribution in [2.75, 3.05) is 13.1 Å². The van der Waals surface area contributed by atoms with Gasteiger partial charge in [0.2, 0.25) is 0 Å². The van der Waals surface area contributed by atoms with Gasteiger partial charge in [-0.15, -0.1) is 0 Å². The van der Waals surface area contributed by atoms with Crippen molar-refractivity contribution in [3.05, 3.63) is 75.8 Å². The van der Waals surface area contributed by atoms with Crippen LogP contribution in [0.4, 0.5) is 0 Å². The molecule has 0 unspecified atom stereocenters. The number of benzene rings is 3. The number of amidine groups is 1. The molecule has 3 aromatic rings. The molecule has 0 radical (unpaired) electrons. The first-order valence-corrected chi connectivity index (χ1v) is 11.1. The Hall–Kier alpha value is -2.08. The third kappa shape index (κ3) is 3.39. The predicted molar refractivity (Wildman–Crippen MR) is 115 cm³/mol. The number of hydrogen-bond acceptors (Lipinski definition) is 3. The van der Waals surface area contributed by atoms with Gasteiger partial charge in [-0.25, -0.2) is 8.42 Å². The molecule has 4 nitrogen and oxygen atoms in total. The maximum atomic E-state index is 13.3. The molecule has 28 heavy (non-hydrogen) atoms. The number of aryl methyl sites for hydroxylation is 1. The van der Waals surface area contributed by atoms with Crippen molar-refractivity contribution >= 4 is 49.8 Å². The summed E-state index contributed by atoms with van der Waals surface area (Å²) in [6.07, 6.45) is 0.435. The molecule has 0 saturated carbocycles. The third-order valence-corrected chi connectivity index (χ3v) is 7.59. The van der Waals surface area contributed by atoms with E-state index in [2.05, 4.69) is 4.99 Å². The second-order valence-electron chi connectivity index (χ2n) is 6.72. The van der Waals surface area contributed by atoms with Crippen LogP contribution in [0.1, 0.15) is 11.1 Å². The first-order valence-electron chi connectivity index (χ1n) is 8.86. The number of fused-ring (bicyclic) bond motifs is 1. The summed E-state index contributed by atoms with van der Waals surface area (Å²) >= 11 is 12.3. The van der Waals surface area contributed by atoms with Crippen molar-refractivity contribution in [2.45, 2.75) is 18.2 Å². The molecule has 0 aromatic heterocycles. The summed E-state index contributed by atoms with van der Waals surface area (Å²) < 4.78 is 28.0. The summed E-state index contributed by atoms with van der Waals surface area (Å²) in [5, 5.41) is 2.77. The van der Waals surface area contributed by atoms with E-state index in [1.54, 1.807) is 6.92 Å². The number of aliphatic imine (C=N–C) groups is 1. The standard InChI is InChI=1S/C21H18Cl2N2O2S/c1-14-11-20(19(23)13-18(14)22)28(26,27)25-10-9-24-21(25)12-16-7-4-6-15-5-2-3-8-17(15)16/h2-8,11,13H,9-10,12H2,1H3. The lowest BCUT2D eigenvalue weighted by atomic mass is 10.0. The van der Waals surface area contributed by atoms with Crippen LogP contribution >= 0.6 is 23.2 Å². The summed E-state index contributed by atoms with van der Waals surface area (Å²) in [5.74, 6) is 0.528. The van der Waals surface area contributed by atoms with E-state index in [1.165, 1.54) is 16.4 Å². The van der Waals surface area contributed by atoms with Gasteiger partial charge >= 0.3 is 0 Å². The lowest BCUT2D eigenvalue weighted by molar-refractivity contribution is 0.535. The molecular formula is C21H18Cl2N2O2S. The van der Waals surface area contributed by atoms with Gasteiger partial charge in [0.1, 0.15) is 10.7 Å². The van der Waals surface area contributed by atoms with E-state index in [0.29, 0.717) is 35.9 Å². The highest BCUT2D eigenvalue weighted by molar-refractivity contribution is 7.89. The van der Waals surface area contributed by atoms with Gasteiger partial charge in [0.25, 0.3) is 10.0 Å². The Morgan fingerprint density at radius 3 is 2.61 bits per heavy atom. The summed E-state index contributed by atoms with van der Waals surface area (Å²) in [7, 11) is -3.82. The average Bonchev–Trinajstić information content (AvgIpc) is 3.14. The number of rotatable bonds is 4. The van der Waals surface area contributed by atoms with E-state index in [-0.39, 0.29) is 9.92 Å². The summed E-state index contributed by atoms with van der Waals surface area (Å²) in [5.41, 5.74) is 1.70. The Labute approximate surface area is 174 Å². The zero-order valence-corrected chi connectivity index (χ0v) is 17.5. The van der Waals surface area contributed by atoms with Crippen LogP contribution in [0.15, 0.2) is 64.5 Å². The second-order valence-corrected chi connectivity index (χ2v) is 9.37. The number of hydrogen-bond donors (Lipinski definition) is 0. The second kappa shape index (κ2) is 7.39. The van der Waals surface area contributed by atoms with Gasteiger partial charge in [0.05, 0.1) is 18.1 Å². The monoisotopic (exact) mass is 432 g/mol. The van der Waals surface area contributed by atoms with Crippen molar-refractivity contribution in [2.24, 2.45) is 4.99 Å². The van der Waals surface area contributed by atoms with E-state index < -0.39 is 10.0 Å². The van der Waals surface area contributed by atoms with Gasteiger partial charge in [-0.2, -0.15) is 0 Å². The third-order valence-electron chi connectivity index (χ3n) is 4.89. The number of halogens is 2. The normalized spacial score (nSPS) is 14.5. The van der Waals surface area contributed by atoms with Crippen molar-refractivity contribution in [1.82, 2.24) is 4.31 Å². The molecule has 0 spiro atoms. The molecule has 0 amide bonds. The molecule has 7 heteroatoms. The minimum Gasteiger partial charge on any atom is -0.269 e. The van der Waals surface area contributed by atoms with Crippen molar-refractivity contribution in [1.29, 1.82) is 0 Å². The van der Waals surface area contributed by atoms with Crippen LogP contribution in [0.5, 0.6) is 0 Å². The minimum atomic E-state index is -3.82. The molecule has 3 aromatic carbocycles. The van der Waals surface area contributed by atoms with Gasteiger partial charge in [0, 0.05) is 11.4 Å². The highest BCUT2D eigenvalue weighted by atomic mass is 35.5. The molecule has 0 saturated heterocycles. The van der Waals surface area contributed by atoms with Gasteiger partial charge in [-0.1, -0.05) is 65.7 Å². The Kier molecular flexibility index (Phi) is 5.08. The lowest BCUT2D eigenvalue weighted by Gasteiger charge is -2.22. The maximum Gasteiger partial charge on any atom is 0.266 e. The van der Waals surface area contributed by atoms with E-state index >= 15 is 0 Å². The van der Waals surface area contributed by atoms with Crippen LogP contribution in [0, 0.1) is 6.92 Å². The fraction of sp³-hybridized carbons (Fsp3) is 0.190. The highest BCUT2D eigenvalue weighted by Crippen LogP contribution is 2.32. The number of nitrogens with zero attached hydrogens (tertiary/aromatic N) is 2. The van der Waals surface area contributed by atoms with Crippen LogP contribution in [0.25, 0.3) is 10.8 Å². The topological polar surface area (TPSA) is 49.7 Å². The molecule has 0 atom stereocenters. The molecule has 0 aliphatic carbocycles. The smallest absolute Gasteiger partial charge is 0.266 e. The lowest BCUT2D eigenvalue weighted by Crippen LogP contribution is -2.35. The van der Waals surface area contributed by atoms with Crippen LogP contribution in [-0.2, 0) is 16.4 Å². The Morgan fingerprint density at radius 2 is 1.79 bits per heavy atom. The molecule has 1 aliphatic rings. The van der Waals surface area contributed by atoms with Crippen LogP contribution in [0.2, 0.25) is 10.0 Å². The predicted octanol–water partition coefficient (Wildman–Crippen LogP) is 5.10. The fourth-order valence-electron chi connectivity index (χ4n) is 3.44. The Morgan fingerprint density at radius 1 is 1.04 bits per heavy atom. The van der Waals surface area contributed by atoms with E-state index in [1.807, 2.05) is 42.5 Å². The van der Waals surface area contributed by atoms with Gasteiger partial charge < -0.3 is 0 Å². The zero-order valence-electron chi connectivity index (χ0n) is 15.2. The zero-order chi connectivity index (χ0) is 19.9. The summed E-state index contributed by atoms with van der Waals surface area (Å²) in [6, 6.07) is 17.1. The molecule has 1 aliphatic heterocycles. The van der Waals surface area contributed by atoms with Crippen molar-refractivity contribution in [3.63, 3.8) is 0 Å². The molecule has 0 N–H and O–H groups in total. The molecule has 144 valence electrons. The molecular weight excluding hydrogens is 415 g/mol. The van der Waals surface area contributed by atoms with Gasteiger partial charge in [0.15, 0.2) is 0 Å². The fourth-order valence-corrected chi connectivity index (χ4v) is 5.71. The van der Waals surface area contributed by atoms with E-state index in [9.17, 15) is 8.42 Å². The van der Waals surface area contributed by atoms with Crippen molar-refractivity contribution in [3.8, 4) is 0 Å². The van der Waals surface area contributed by atoms with Crippen LogP contribution in [-0.4, -0.2) is 31.6 Å². The van der Waals surface area contributed by atoms with Crippen molar-refractivity contribution < 1.29 is 8.42 Å². The minimum absolute atomic E-state index is 0.0589. The largest absolute Gasteiger partial charge is 0.269 e. The van der Waals surface area contributed by atoms with Gasteiger partial charge in [-0.3, -0.25) is 9.30 Å². The summed E-state index contributed by atoms with van der Waals surface area (Å²) in [4.78, 5) is 4.53. The number of sulfonamides is 1. The molecule has 4 rings (SSSR count). The molecule has 0 bridgehead atoms. The first kappa shape index (κ1) is 19.2. The van der Waals surface area contributed by atoms with E-state index in [4.69, 9.17) is 23.2 Å². The summed E-state index contributed by atoms with van der Waals surface area (Å²) in [6.45, 7) is 2.50. The maximum absolute atomic E-state index is 13.3. The Bertz CT molecular complexity index is 1200. The Balaban J connectivity index is 1.71. The molecule has 1 heterocycles. The quantitative estimate of drug-likeness (QED) is 0.575. The molecule has 0 fully saturated rings. The highest BCUT2D eigenvalue weighted by Gasteiger charge is 2.32. The van der Waals surface area contributed by atoms with Crippen LogP contribution < -0.4 is 0 Å².